The number of pyridine rings is 1. The van der Waals surface area contributed by atoms with E-state index in [2.05, 4.69) is 20.0 Å². The summed E-state index contributed by atoms with van der Waals surface area (Å²) < 4.78 is 3.56. The van der Waals surface area contributed by atoms with Crippen molar-refractivity contribution in [3.05, 3.63) is 47.1 Å². The molecule has 8 heteroatoms. The highest BCUT2D eigenvalue weighted by Gasteiger charge is 2.03. The second-order valence-electron chi connectivity index (χ2n) is 4.19. The first kappa shape index (κ1) is 15.0. The lowest BCUT2D eigenvalue weighted by molar-refractivity contribution is -0.111. The predicted octanol–water partition coefficient (Wildman–Crippen LogP) is 0.983. The van der Waals surface area contributed by atoms with E-state index in [-0.39, 0.29) is 0 Å². The van der Waals surface area contributed by atoms with Crippen LogP contribution in [0.3, 0.4) is 0 Å². The predicted molar refractivity (Wildman–Crippen MR) is 77.8 cm³/mol. The van der Waals surface area contributed by atoms with Crippen molar-refractivity contribution in [3.8, 4) is 0 Å². The minimum atomic E-state index is -0.498. The van der Waals surface area contributed by atoms with Gasteiger partial charge >= 0.3 is 0 Å². The van der Waals surface area contributed by atoms with E-state index < -0.39 is 5.91 Å². The zero-order valence-corrected chi connectivity index (χ0v) is 12.4. The lowest BCUT2D eigenvalue weighted by Crippen LogP contribution is -2.26. The molecule has 0 N–H and O–H groups in total. The van der Waals surface area contributed by atoms with Crippen molar-refractivity contribution >= 4 is 23.7 Å². The SMILES string of the molecule is CO/N=C/C(=O)N=c1n(C)ccn1Cc1ccc(Cl)nc1. The van der Waals surface area contributed by atoms with Gasteiger partial charge in [0.15, 0.2) is 0 Å². The average molecular weight is 308 g/mol. The molecular weight excluding hydrogens is 294 g/mol. The van der Waals surface area contributed by atoms with Gasteiger partial charge in [-0.1, -0.05) is 22.8 Å². The second kappa shape index (κ2) is 6.85. The molecule has 110 valence electrons. The number of halogens is 1. The first-order valence-electron chi connectivity index (χ1n) is 6.07. The topological polar surface area (TPSA) is 73.8 Å². The first-order chi connectivity index (χ1) is 10.1. The molecule has 0 aliphatic carbocycles. The van der Waals surface area contributed by atoms with Crippen LogP contribution in [0.2, 0.25) is 5.15 Å². The smallest absolute Gasteiger partial charge is 0.294 e. The molecular formula is C13H14ClN5O2. The van der Waals surface area contributed by atoms with Crippen LogP contribution < -0.4 is 5.62 Å². The maximum Gasteiger partial charge on any atom is 0.294 e. The maximum atomic E-state index is 11.6. The van der Waals surface area contributed by atoms with Crippen molar-refractivity contribution in [1.29, 1.82) is 0 Å². The van der Waals surface area contributed by atoms with Gasteiger partial charge in [-0.05, 0) is 11.6 Å². The molecule has 0 bridgehead atoms. The number of carbonyl (C=O) groups is 1. The molecule has 0 fully saturated rings. The Balaban J connectivity index is 2.29. The number of nitrogens with zero attached hydrogens (tertiary/aromatic N) is 5. The van der Waals surface area contributed by atoms with Gasteiger partial charge in [-0.15, -0.1) is 0 Å². The van der Waals surface area contributed by atoms with Crippen LogP contribution >= 0.6 is 11.6 Å². The van der Waals surface area contributed by atoms with Gasteiger partial charge in [-0.3, -0.25) is 4.79 Å². The molecule has 0 saturated carbocycles. The van der Waals surface area contributed by atoms with Crippen LogP contribution in [0.25, 0.3) is 0 Å². The van der Waals surface area contributed by atoms with E-state index in [4.69, 9.17) is 11.6 Å². The highest BCUT2D eigenvalue weighted by molar-refractivity contribution is 6.29. The molecule has 0 aliphatic heterocycles. The van der Waals surface area contributed by atoms with Gasteiger partial charge < -0.3 is 14.0 Å². The van der Waals surface area contributed by atoms with E-state index in [1.54, 1.807) is 23.9 Å². The third-order valence-corrected chi connectivity index (χ3v) is 2.89. The van der Waals surface area contributed by atoms with E-state index in [9.17, 15) is 4.79 Å². The Bertz CT molecular complexity index is 715. The Kier molecular flexibility index (Phi) is 4.89. The third-order valence-electron chi connectivity index (χ3n) is 2.66. The standard InChI is InChI=1S/C13H14ClN5O2/c1-18-5-6-19(9-10-3-4-11(14)15-7-10)13(18)17-12(20)8-16-21-2/h3-8H,9H2,1-2H3/b16-8+,17-13?. The molecule has 21 heavy (non-hydrogen) atoms. The Labute approximate surface area is 126 Å². The van der Waals surface area contributed by atoms with E-state index in [0.29, 0.717) is 17.3 Å². The van der Waals surface area contributed by atoms with E-state index >= 15 is 0 Å². The minimum absolute atomic E-state index is 0.438. The highest BCUT2D eigenvalue weighted by atomic mass is 35.5. The molecule has 0 aromatic carbocycles. The molecule has 2 aromatic rings. The fourth-order valence-corrected chi connectivity index (χ4v) is 1.82. The number of carbonyl (C=O) groups excluding carboxylic acids is 1. The van der Waals surface area contributed by atoms with Crippen LogP contribution in [0.15, 0.2) is 40.9 Å². The molecule has 0 unspecified atom stereocenters. The number of aryl methyl sites for hydroxylation is 1. The summed E-state index contributed by atoms with van der Waals surface area (Å²) in [5, 5.41) is 3.83. The van der Waals surface area contributed by atoms with E-state index in [1.807, 2.05) is 23.0 Å². The zero-order chi connectivity index (χ0) is 15.2. The highest BCUT2D eigenvalue weighted by Crippen LogP contribution is 2.06. The zero-order valence-electron chi connectivity index (χ0n) is 11.6. The van der Waals surface area contributed by atoms with Crippen molar-refractivity contribution in [3.63, 3.8) is 0 Å². The summed E-state index contributed by atoms with van der Waals surface area (Å²) in [7, 11) is 3.16. The van der Waals surface area contributed by atoms with Crippen molar-refractivity contribution in [2.24, 2.45) is 17.2 Å². The molecule has 7 nitrogen and oxygen atoms in total. The summed E-state index contributed by atoms with van der Waals surface area (Å²) in [5.74, 6) is -0.498. The van der Waals surface area contributed by atoms with Gasteiger partial charge in [0.25, 0.3) is 5.91 Å². The van der Waals surface area contributed by atoms with Crippen LogP contribution in [-0.4, -0.2) is 33.3 Å². The van der Waals surface area contributed by atoms with E-state index in [0.717, 1.165) is 11.8 Å². The van der Waals surface area contributed by atoms with E-state index in [1.165, 1.54) is 7.11 Å². The summed E-state index contributed by atoms with van der Waals surface area (Å²) in [6, 6.07) is 3.58. The normalized spacial score (nSPS) is 12.0. The molecule has 1 amide bonds. The quantitative estimate of drug-likeness (QED) is 0.480. The lowest BCUT2D eigenvalue weighted by Gasteiger charge is -2.03. The molecule has 0 spiro atoms. The Morgan fingerprint density at radius 2 is 2.29 bits per heavy atom. The van der Waals surface area contributed by atoms with Gasteiger partial charge in [-0.2, -0.15) is 4.99 Å². The molecule has 0 saturated heterocycles. The van der Waals surface area contributed by atoms with Crippen LogP contribution in [0.4, 0.5) is 0 Å². The molecule has 0 aliphatic rings. The number of imidazole rings is 1. The summed E-state index contributed by atoms with van der Waals surface area (Å²) in [5.41, 5.74) is 1.45. The number of aromatic nitrogens is 3. The minimum Gasteiger partial charge on any atom is -0.399 e. The molecule has 2 aromatic heterocycles. The van der Waals surface area contributed by atoms with Crippen LogP contribution in [0.5, 0.6) is 0 Å². The van der Waals surface area contributed by atoms with Gasteiger partial charge in [0.05, 0.1) is 6.54 Å². The van der Waals surface area contributed by atoms with Gasteiger partial charge in [-0.25, -0.2) is 4.98 Å². The van der Waals surface area contributed by atoms with Gasteiger partial charge in [0.1, 0.15) is 18.5 Å². The largest absolute Gasteiger partial charge is 0.399 e. The second-order valence-corrected chi connectivity index (χ2v) is 4.58. The fraction of sp³-hybridized carbons (Fsp3) is 0.231. The van der Waals surface area contributed by atoms with Gasteiger partial charge in [0, 0.05) is 25.6 Å². The van der Waals surface area contributed by atoms with Crippen LogP contribution in [-0.2, 0) is 23.2 Å². The van der Waals surface area contributed by atoms with Crippen molar-refractivity contribution < 1.29 is 9.63 Å². The number of amides is 1. The number of oxime groups is 1. The van der Waals surface area contributed by atoms with Crippen LogP contribution in [0.1, 0.15) is 5.56 Å². The lowest BCUT2D eigenvalue weighted by atomic mass is 10.3. The summed E-state index contributed by atoms with van der Waals surface area (Å²) >= 11 is 5.76. The number of rotatable bonds is 4. The molecule has 2 heterocycles. The van der Waals surface area contributed by atoms with Crippen molar-refractivity contribution in [2.75, 3.05) is 7.11 Å². The average Bonchev–Trinajstić information content (AvgIpc) is 2.80. The monoisotopic (exact) mass is 307 g/mol. The summed E-state index contributed by atoms with van der Waals surface area (Å²) in [4.78, 5) is 24.1. The molecule has 2 rings (SSSR count). The van der Waals surface area contributed by atoms with Gasteiger partial charge in [0.2, 0.25) is 5.62 Å². The van der Waals surface area contributed by atoms with Crippen molar-refractivity contribution in [1.82, 2.24) is 14.1 Å². The third kappa shape index (κ3) is 4.03. The van der Waals surface area contributed by atoms with Crippen LogP contribution in [0, 0.1) is 0 Å². The maximum absolute atomic E-state index is 11.6. The fourth-order valence-electron chi connectivity index (χ4n) is 1.70. The number of hydrogen-bond acceptors (Lipinski definition) is 4. The summed E-state index contributed by atoms with van der Waals surface area (Å²) in [6.45, 7) is 0.526. The Morgan fingerprint density at radius 3 is 2.95 bits per heavy atom. The Morgan fingerprint density at radius 1 is 1.48 bits per heavy atom. The summed E-state index contributed by atoms with van der Waals surface area (Å²) in [6.07, 6.45) is 6.33. The number of hydrogen-bond donors (Lipinski definition) is 0. The van der Waals surface area contributed by atoms with Crippen molar-refractivity contribution in [2.45, 2.75) is 6.54 Å². The Hall–Kier alpha value is -2.41. The molecule has 0 atom stereocenters. The first-order valence-corrected chi connectivity index (χ1v) is 6.45. The molecule has 0 radical (unpaired) electrons.